The number of sulfonamides is 1. The van der Waals surface area contributed by atoms with Gasteiger partial charge in [0.25, 0.3) is 11.8 Å². The van der Waals surface area contributed by atoms with Gasteiger partial charge in [-0.1, -0.05) is 42.5 Å². The van der Waals surface area contributed by atoms with Crippen LogP contribution in [0, 0.1) is 0 Å². The summed E-state index contributed by atoms with van der Waals surface area (Å²) in [4.78, 5) is 52.0. The first kappa shape index (κ1) is 24.0. The fraction of sp³-hybridized carbons (Fsp3) is 0.238. The van der Waals surface area contributed by atoms with Crippen molar-refractivity contribution in [2.24, 2.45) is 5.84 Å². The van der Waals surface area contributed by atoms with Crippen LogP contribution in [0.1, 0.15) is 32.7 Å². The Bertz CT molecular complexity index is 1130. The van der Waals surface area contributed by atoms with E-state index in [2.05, 4.69) is 5.32 Å². The second-order valence-electron chi connectivity index (χ2n) is 7.26. The molecule has 1 unspecified atom stereocenters. The third-order valence-electron chi connectivity index (χ3n) is 4.80. The number of carbonyl (C=O) groups excluding carboxylic acids is 4. The van der Waals surface area contributed by atoms with Crippen molar-refractivity contribution in [1.29, 1.82) is 0 Å². The lowest BCUT2D eigenvalue weighted by atomic mass is 10.1. The molecule has 2 aromatic carbocycles. The number of hydrogen-bond acceptors (Lipinski definition) is 8. The van der Waals surface area contributed by atoms with E-state index < -0.39 is 58.5 Å². The summed E-state index contributed by atoms with van der Waals surface area (Å²) in [7, 11) is -4.01. The highest BCUT2D eigenvalue weighted by Gasteiger charge is 2.36. The molecule has 1 aliphatic heterocycles. The number of benzene rings is 2. The summed E-state index contributed by atoms with van der Waals surface area (Å²) in [6.45, 7) is -0.671. The number of rotatable bonds is 10. The van der Waals surface area contributed by atoms with Crippen LogP contribution in [0.15, 0.2) is 54.6 Å². The van der Waals surface area contributed by atoms with Crippen LogP contribution in [0.3, 0.4) is 0 Å². The number of nitrogens with zero attached hydrogens (tertiary/aromatic N) is 1. The van der Waals surface area contributed by atoms with Crippen LogP contribution in [0.4, 0.5) is 0 Å². The van der Waals surface area contributed by atoms with E-state index in [1.54, 1.807) is 47.3 Å². The smallest absolute Gasteiger partial charge is 0.308 e. The minimum absolute atomic E-state index is 0.0305. The molecule has 12 heteroatoms. The van der Waals surface area contributed by atoms with E-state index in [-0.39, 0.29) is 17.7 Å². The van der Waals surface area contributed by atoms with Crippen molar-refractivity contribution < 1.29 is 32.3 Å². The summed E-state index contributed by atoms with van der Waals surface area (Å²) >= 11 is 0. The predicted molar refractivity (Wildman–Crippen MR) is 116 cm³/mol. The Morgan fingerprint density at radius 1 is 0.970 bits per heavy atom. The maximum atomic E-state index is 12.5. The average molecular weight is 474 g/mol. The molecule has 0 bridgehead atoms. The molecule has 174 valence electrons. The number of esters is 1. The summed E-state index contributed by atoms with van der Waals surface area (Å²) in [5.41, 5.74) is 1.07. The van der Waals surface area contributed by atoms with E-state index in [0.717, 1.165) is 10.5 Å². The van der Waals surface area contributed by atoms with Crippen molar-refractivity contribution in [2.45, 2.75) is 19.1 Å². The monoisotopic (exact) mass is 474 g/mol. The van der Waals surface area contributed by atoms with Gasteiger partial charge >= 0.3 is 5.97 Å². The fourth-order valence-electron chi connectivity index (χ4n) is 3.26. The van der Waals surface area contributed by atoms with Crippen LogP contribution in [-0.4, -0.2) is 55.3 Å². The van der Waals surface area contributed by atoms with Crippen molar-refractivity contribution in [3.8, 4) is 0 Å². The van der Waals surface area contributed by atoms with Crippen LogP contribution in [-0.2, 0) is 31.0 Å². The molecular weight excluding hydrogens is 452 g/mol. The van der Waals surface area contributed by atoms with Gasteiger partial charge in [-0.3, -0.25) is 29.9 Å². The topological polar surface area (TPSA) is 165 Å². The molecule has 4 N–H and O–H groups in total. The second kappa shape index (κ2) is 10.3. The molecule has 3 amide bonds. The molecule has 2 aromatic rings. The molecule has 1 heterocycles. The van der Waals surface area contributed by atoms with E-state index >= 15 is 0 Å². The summed E-state index contributed by atoms with van der Waals surface area (Å²) in [5.74, 6) is 1.44. The second-order valence-corrected chi connectivity index (χ2v) is 9.05. The van der Waals surface area contributed by atoms with E-state index in [1.807, 2.05) is 0 Å². The van der Waals surface area contributed by atoms with Crippen LogP contribution < -0.4 is 16.0 Å². The Labute approximate surface area is 189 Å². The van der Waals surface area contributed by atoms with Gasteiger partial charge in [0.15, 0.2) is 0 Å². The van der Waals surface area contributed by atoms with Gasteiger partial charge in [-0.2, -0.15) is 4.83 Å². The molecular formula is C21H22N4O7S. The number of amides is 3. The SMILES string of the molecule is NNS(=O)(=O)CC(CC(=O)OCc1ccccc1)NC(=O)CN1C(=O)c2ccccc2C1=O. The van der Waals surface area contributed by atoms with Gasteiger partial charge in [-0.15, -0.1) is 0 Å². The highest BCUT2D eigenvalue weighted by molar-refractivity contribution is 7.89. The van der Waals surface area contributed by atoms with Gasteiger partial charge in [0.1, 0.15) is 13.2 Å². The third kappa shape index (κ3) is 6.22. The molecule has 0 spiro atoms. The normalized spacial score (nSPS) is 14.0. The Balaban J connectivity index is 1.63. The number of hydrogen-bond donors (Lipinski definition) is 3. The summed E-state index contributed by atoms with van der Waals surface area (Å²) in [6.07, 6.45) is -0.471. The maximum absolute atomic E-state index is 12.5. The third-order valence-corrected chi connectivity index (χ3v) is 6.00. The molecule has 0 fully saturated rings. The van der Waals surface area contributed by atoms with Crippen LogP contribution in [0.25, 0.3) is 0 Å². The maximum Gasteiger partial charge on any atom is 0.308 e. The lowest BCUT2D eigenvalue weighted by molar-refractivity contribution is -0.145. The molecule has 0 radical (unpaired) electrons. The van der Waals surface area contributed by atoms with Crippen molar-refractivity contribution in [3.63, 3.8) is 0 Å². The van der Waals surface area contributed by atoms with Crippen LogP contribution in [0.5, 0.6) is 0 Å². The molecule has 0 aliphatic carbocycles. The molecule has 0 saturated heterocycles. The summed E-state index contributed by atoms with van der Waals surface area (Å²) < 4.78 is 28.9. The minimum Gasteiger partial charge on any atom is -0.461 e. The Morgan fingerprint density at radius 3 is 2.12 bits per heavy atom. The van der Waals surface area contributed by atoms with Crippen molar-refractivity contribution in [3.05, 3.63) is 71.3 Å². The fourth-order valence-corrected chi connectivity index (χ4v) is 4.09. The zero-order valence-electron chi connectivity index (χ0n) is 17.4. The molecule has 1 atom stereocenters. The van der Waals surface area contributed by atoms with Gasteiger partial charge in [-0.05, 0) is 17.7 Å². The zero-order chi connectivity index (χ0) is 24.0. The molecule has 0 saturated carbocycles. The predicted octanol–water partition coefficient (Wildman–Crippen LogP) is -0.306. The van der Waals surface area contributed by atoms with Gasteiger partial charge < -0.3 is 10.1 Å². The number of carbonyl (C=O) groups is 4. The molecule has 33 heavy (non-hydrogen) atoms. The Morgan fingerprint density at radius 2 is 1.55 bits per heavy atom. The Hall–Kier alpha value is -3.61. The van der Waals surface area contributed by atoms with Crippen LogP contribution >= 0.6 is 0 Å². The number of imide groups is 1. The first-order chi connectivity index (χ1) is 15.7. The van der Waals surface area contributed by atoms with Crippen LogP contribution in [0.2, 0.25) is 0 Å². The van der Waals surface area contributed by atoms with Crippen molar-refractivity contribution >= 4 is 33.7 Å². The summed E-state index contributed by atoms with van der Waals surface area (Å²) in [5, 5.41) is 2.37. The molecule has 3 rings (SSSR count). The highest BCUT2D eigenvalue weighted by Crippen LogP contribution is 2.22. The largest absolute Gasteiger partial charge is 0.461 e. The van der Waals surface area contributed by atoms with Crippen molar-refractivity contribution in [1.82, 2.24) is 15.0 Å². The van der Waals surface area contributed by atoms with E-state index in [0.29, 0.717) is 0 Å². The van der Waals surface area contributed by atoms with Gasteiger partial charge in [0, 0.05) is 0 Å². The standard InChI is InChI=1S/C21H22N4O7S/c22-24-33(30,31)13-15(10-19(27)32-12-14-6-2-1-3-7-14)23-18(26)11-25-20(28)16-8-4-5-9-17(16)21(25)29/h1-9,15,24H,10-13,22H2,(H,23,26). The first-order valence-electron chi connectivity index (χ1n) is 9.84. The number of nitrogens with two attached hydrogens (primary N) is 1. The number of nitrogens with one attached hydrogen (secondary N) is 2. The van der Waals surface area contributed by atoms with E-state index in [9.17, 15) is 27.6 Å². The highest BCUT2D eigenvalue weighted by atomic mass is 32.2. The quantitative estimate of drug-likeness (QED) is 0.183. The number of hydrazine groups is 1. The van der Waals surface area contributed by atoms with Gasteiger partial charge in [-0.25, -0.2) is 8.42 Å². The first-order valence-corrected chi connectivity index (χ1v) is 11.5. The molecule has 1 aliphatic rings. The van der Waals surface area contributed by atoms with E-state index in [4.69, 9.17) is 10.6 Å². The van der Waals surface area contributed by atoms with Crippen molar-refractivity contribution in [2.75, 3.05) is 12.3 Å². The zero-order valence-corrected chi connectivity index (χ0v) is 18.2. The molecule has 11 nitrogen and oxygen atoms in total. The lowest BCUT2D eigenvalue weighted by Gasteiger charge is -2.20. The van der Waals surface area contributed by atoms with Gasteiger partial charge in [0.05, 0.1) is 29.3 Å². The number of ether oxygens (including phenoxy) is 1. The van der Waals surface area contributed by atoms with Gasteiger partial charge in [0.2, 0.25) is 15.9 Å². The number of fused-ring (bicyclic) bond motifs is 1. The Kier molecular flexibility index (Phi) is 7.53. The minimum atomic E-state index is -4.01. The molecule has 0 aromatic heterocycles. The lowest BCUT2D eigenvalue weighted by Crippen LogP contribution is -2.49. The van der Waals surface area contributed by atoms with E-state index in [1.165, 1.54) is 12.1 Å². The summed E-state index contributed by atoms with van der Waals surface area (Å²) in [6, 6.07) is 13.7. The average Bonchev–Trinajstić information content (AvgIpc) is 3.03.